The number of rotatable bonds is 2. The molecule has 0 aliphatic carbocycles. The van der Waals surface area contributed by atoms with Crippen molar-refractivity contribution < 1.29 is 0 Å². The van der Waals surface area contributed by atoms with E-state index in [4.69, 9.17) is 0 Å². The lowest BCUT2D eigenvalue weighted by atomic mass is 10.1. The fraction of sp³-hybridized carbons (Fsp3) is 0. The van der Waals surface area contributed by atoms with E-state index in [9.17, 15) is 0 Å². The van der Waals surface area contributed by atoms with Gasteiger partial charge in [0.1, 0.15) is 0 Å². The first kappa shape index (κ1) is 10.7. The molecule has 0 saturated carbocycles. The molecular weight excluding hydrogens is 218 g/mol. The van der Waals surface area contributed by atoms with Gasteiger partial charge in [-0.25, -0.2) is 4.98 Å². The third-order valence-corrected chi connectivity index (χ3v) is 2.82. The van der Waals surface area contributed by atoms with E-state index in [0.717, 1.165) is 22.5 Å². The van der Waals surface area contributed by atoms with Crippen LogP contribution in [0.1, 0.15) is 0 Å². The number of hydrogen-bond acceptors (Lipinski definition) is 1. The van der Waals surface area contributed by atoms with Crippen LogP contribution in [0.4, 0.5) is 0 Å². The topological polar surface area (TPSA) is 12.9 Å². The summed E-state index contributed by atoms with van der Waals surface area (Å²) in [7, 11) is 0. The van der Waals surface area contributed by atoms with E-state index in [0.29, 0.717) is 0 Å². The molecule has 1 radical (unpaired) electrons. The van der Waals surface area contributed by atoms with E-state index >= 15 is 0 Å². The monoisotopic (exact) mass is 230 g/mol. The Labute approximate surface area is 107 Å². The van der Waals surface area contributed by atoms with Crippen molar-refractivity contribution in [3.8, 4) is 22.5 Å². The Balaban J connectivity index is 2.05. The average molecular weight is 230 g/mol. The molecule has 0 unspecified atom stereocenters. The molecule has 0 N–H and O–H groups in total. The first-order chi connectivity index (χ1) is 8.93. The van der Waals surface area contributed by atoms with E-state index in [1.807, 2.05) is 48.5 Å². The molecule has 1 nitrogen and oxygen atoms in total. The van der Waals surface area contributed by atoms with Crippen LogP contribution in [-0.2, 0) is 0 Å². The van der Waals surface area contributed by atoms with E-state index in [1.165, 1.54) is 0 Å². The first-order valence-electron chi connectivity index (χ1n) is 5.92. The molecule has 0 saturated heterocycles. The Morgan fingerprint density at radius 2 is 1.06 bits per heavy atom. The van der Waals surface area contributed by atoms with Gasteiger partial charge in [0.2, 0.25) is 0 Å². The zero-order valence-corrected chi connectivity index (χ0v) is 9.88. The summed E-state index contributed by atoms with van der Waals surface area (Å²) >= 11 is 0. The summed E-state index contributed by atoms with van der Waals surface area (Å²) in [5.74, 6) is 0. The Hall–Kier alpha value is -2.41. The van der Waals surface area contributed by atoms with E-state index in [2.05, 4.69) is 35.3 Å². The molecule has 0 bridgehead atoms. The van der Waals surface area contributed by atoms with Gasteiger partial charge in [-0.3, -0.25) is 0 Å². The predicted octanol–water partition coefficient (Wildman–Crippen LogP) is 4.22. The molecule has 0 aliphatic heterocycles. The summed E-state index contributed by atoms with van der Waals surface area (Å²) in [5, 5.41) is 0. The van der Waals surface area contributed by atoms with Crippen molar-refractivity contribution in [1.29, 1.82) is 0 Å². The van der Waals surface area contributed by atoms with Crippen molar-refractivity contribution in [2.24, 2.45) is 0 Å². The zero-order chi connectivity index (χ0) is 12.2. The minimum Gasteiger partial charge on any atom is -0.248 e. The van der Waals surface area contributed by atoms with Crippen LogP contribution >= 0.6 is 0 Å². The van der Waals surface area contributed by atoms with Crippen molar-refractivity contribution in [2.45, 2.75) is 0 Å². The first-order valence-corrected chi connectivity index (χ1v) is 5.92. The highest BCUT2D eigenvalue weighted by molar-refractivity contribution is 5.65. The van der Waals surface area contributed by atoms with Crippen LogP contribution < -0.4 is 0 Å². The van der Waals surface area contributed by atoms with Gasteiger partial charge in [0.25, 0.3) is 0 Å². The minimum absolute atomic E-state index is 0.956. The van der Waals surface area contributed by atoms with Crippen LogP contribution in [0.2, 0.25) is 0 Å². The smallest absolute Gasteiger partial charge is 0.0715 e. The highest BCUT2D eigenvalue weighted by Crippen LogP contribution is 2.21. The minimum atomic E-state index is 0.956. The number of nitrogens with zero attached hydrogens (tertiary/aromatic N) is 1. The van der Waals surface area contributed by atoms with Crippen molar-refractivity contribution in [3.05, 3.63) is 78.9 Å². The Morgan fingerprint density at radius 3 is 1.50 bits per heavy atom. The van der Waals surface area contributed by atoms with Gasteiger partial charge in [0, 0.05) is 11.1 Å². The summed E-state index contributed by atoms with van der Waals surface area (Å²) < 4.78 is 0. The molecule has 2 aromatic carbocycles. The quantitative estimate of drug-likeness (QED) is 0.642. The standard InChI is InChI=1S/C17H12N/c1-3-8-14(9-4-1)16-12-7-13-17(18-16)15-10-5-2-6-11-15/h1-6,8-13H. The lowest BCUT2D eigenvalue weighted by Gasteiger charge is -2.04. The highest BCUT2D eigenvalue weighted by Gasteiger charge is 2.02. The molecule has 0 atom stereocenters. The van der Waals surface area contributed by atoms with E-state index in [1.54, 1.807) is 0 Å². The molecule has 0 spiro atoms. The third-order valence-electron chi connectivity index (χ3n) is 2.82. The molecule has 3 aromatic rings. The summed E-state index contributed by atoms with van der Waals surface area (Å²) in [6, 6.07) is 27.3. The van der Waals surface area contributed by atoms with Crippen LogP contribution in [0.15, 0.2) is 72.8 Å². The lowest BCUT2D eigenvalue weighted by molar-refractivity contribution is 1.32. The second kappa shape index (κ2) is 4.84. The molecule has 3 rings (SSSR count). The van der Waals surface area contributed by atoms with Gasteiger partial charge in [-0.2, -0.15) is 0 Å². The van der Waals surface area contributed by atoms with Crippen LogP contribution in [-0.4, -0.2) is 4.98 Å². The second-order valence-electron chi connectivity index (χ2n) is 4.07. The summed E-state index contributed by atoms with van der Waals surface area (Å²) in [5.41, 5.74) is 4.15. The van der Waals surface area contributed by atoms with Gasteiger partial charge >= 0.3 is 0 Å². The molecule has 85 valence electrons. The molecule has 18 heavy (non-hydrogen) atoms. The SMILES string of the molecule is [c]1cc(-c2ccccc2)nc(-c2ccccc2)c1. The lowest BCUT2D eigenvalue weighted by Crippen LogP contribution is -1.87. The number of aromatic nitrogens is 1. The predicted molar refractivity (Wildman–Crippen MR) is 73.9 cm³/mol. The Bertz CT molecular complexity index is 575. The van der Waals surface area contributed by atoms with E-state index in [-0.39, 0.29) is 0 Å². The molecule has 1 heterocycles. The molecule has 0 fully saturated rings. The third kappa shape index (κ3) is 2.16. The van der Waals surface area contributed by atoms with Gasteiger partial charge in [0.05, 0.1) is 11.4 Å². The largest absolute Gasteiger partial charge is 0.248 e. The zero-order valence-electron chi connectivity index (χ0n) is 9.88. The highest BCUT2D eigenvalue weighted by atomic mass is 14.7. The summed E-state index contributed by atoms with van der Waals surface area (Å²) in [4.78, 5) is 4.68. The summed E-state index contributed by atoms with van der Waals surface area (Å²) in [6.45, 7) is 0. The van der Waals surface area contributed by atoms with Crippen LogP contribution in [0, 0.1) is 6.07 Å². The normalized spacial score (nSPS) is 10.2. The number of pyridine rings is 1. The fourth-order valence-corrected chi connectivity index (χ4v) is 1.91. The summed E-state index contributed by atoms with van der Waals surface area (Å²) in [6.07, 6.45) is 0. The molecule has 0 amide bonds. The van der Waals surface area contributed by atoms with Crippen molar-refractivity contribution in [2.75, 3.05) is 0 Å². The van der Waals surface area contributed by atoms with Crippen LogP contribution in [0.25, 0.3) is 22.5 Å². The van der Waals surface area contributed by atoms with Crippen molar-refractivity contribution in [3.63, 3.8) is 0 Å². The number of hydrogen-bond donors (Lipinski definition) is 0. The van der Waals surface area contributed by atoms with Gasteiger partial charge in [-0.05, 0) is 18.2 Å². The van der Waals surface area contributed by atoms with Crippen molar-refractivity contribution in [1.82, 2.24) is 4.98 Å². The molecular formula is C17H12N. The second-order valence-corrected chi connectivity index (χ2v) is 4.07. The van der Waals surface area contributed by atoms with Gasteiger partial charge in [0.15, 0.2) is 0 Å². The number of benzene rings is 2. The van der Waals surface area contributed by atoms with E-state index < -0.39 is 0 Å². The average Bonchev–Trinajstić information content (AvgIpc) is 2.49. The maximum absolute atomic E-state index is 4.68. The van der Waals surface area contributed by atoms with Crippen LogP contribution in [0.3, 0.4) is 0 Å². The molecule has 0 aliphatic rings. The van der Waals surface area contributed by atoms with Gasteiger partial charge in [-0.1, -0.05) is 60.7 Å². The maximum Gasteiger partial charge on any atom is 0.0715 e. The molecule has 1 heteroatoms. The Kier molecular flexibility index (Phi) is 2.89. The van der Waals surface area contributed by atoms with Gasteiger partial charge < -0.3 is 0 Å². The Morgan fingerprint density at radius 1 is 0.611 bits per heavy atom. The molecule has 1 aromatic heterocycles. The van der Waals surface area contributed by atoms with Crippen LogP contribution in [0.5, 0.6) is 0 Å². The maximum atomic E-state index is 4.68. The fourth-order valence-electron chi connectivity index (χ4n) is 1.91. The van der Waals surface area contributed by atoms with Crippen molar-refractivity contribution >= 4 is 0 Å². The van der Waals surface area contributed by atoms with Gasteiger partial charge in [-0.15, -0.1) is 0 Å².